The molecule has 2 aromatic rings. The molecular formula is C20H22N2O5. The third-order valence-corrected chi connectivity index (χ3v) is 4.72. The van der Waals surface area contributed by atoms with Gasteiger partial charge >= 0.3 is 0 Å². The topological polar surface area (TPSA) is 81.9 Å². The van der Waals surface area contributed by atoms with Gasteiger partial charge in [-0.15, -0.1) is 0 Å². The minimum absolute atomic E-state index is 0.0130. The quantitative estimate of drug-likeness (QED) is 0.548. The Kier molecular flexibility index (Phi) is 5.30. The van der Waals surface area contributed by atoms with E-state index >= 15 is 0 Å². The maximum atomic E-state index is 13.1. The Balaban J connectivity index is 1.89. The van der Waals surface area contributed by atoms with Crippen LogP contribution in [0.1, 0.15) is 34.3 Å². The first-order chi connectivity index (χ1) is 12.9. The summed E-state index contributed by atoms with van der Waals surface area (Å²) in [6.45, 7) is 2.03. The molecular weight excluding hydrogens is 348 g/mol. The summed E-state index contributed by atoms with van der Waals surface area (Å²) in [4.78, 5) is 25.5. The number of nitro groups is 1. The van der Waals surface area contributed by atoms with Crippen LogP contribution in [0.5, 0.6) is 11.5 Å². The van der Waals surface area contributed by atoms with E-state index in [1.807, 2.05) is 18.2 Å². The molecule has 1 saturated carbocycles. The zero-order chi connectivity index (χ0) is 19.6. The minimum Gasteiger partial charge on any atom is -0.497 e. The molecule has 0 spiro atoms. The van der Waals surface area contributed by atoms with Crippen molar-refractivity contribution in [2.45, 2.75) is 32.4 Å². The average Bonchev–Trinajstić information content (AvgIpc) is 3.50. The summed E-state index contributed by atoms with van der Waals surface area (Å²) in [7, 11) is 3.18. The number of nitrogens with zero attached hydrogens (tertiary/aromatic N) is 2. The lowest BCUT2D eigenvalue weighted by atomic mass is 10.1. The van der Waals surface area contributed by atoms with Gasteiger partial charge in [0, 0.05) is 28.8 Å². The molecule has 7 nitrogen and oxygen atoms in total. The standard InChI is InChI=1S/C20H22N2O5/c1-13-10-14(4-8-18(13)22(24)25)20(23)21(16-5-6-16)12-15-11-17(26-2)7-9-19(15)27-3/h4,7-11,16H,5-6,12H2,1-3H3. The molecule has 0 N–H and O–H groups in total. The van der Waals surface area contributed by atoms with Crippen LogP contribution in [-0.2, 0) is 6.54 Å². The van der Waals surface area contributed by atoms with E-state index in [9.17, 15) is 14.9 Å². The minimum atomic E-state index is -0.441. The molecule has 1 aliphatic carbocycles. The second-order valence-corrected chi connectivity index (χ2v) is 6.60. The summed E-state index contributed by atoms with van der Waals surface area (Å²) in [5.41, 5.74) is 1.79. The summed E-state index contributed by atoms with van der Waals surface area (Å²) in [5.74, 6) is 1.25. The van der Waals surface area contributed by atoms with Crippen molar-refractivity contribution in [2.24, 2.45) is 0 Å². The van der Waals surface area contributed by atoms with Crippen LogP contribution in [0.25, 0.3) is 0 Å². The van der Waals surface area contributed by atoms with Gasteiger partial charge in [-0.2, -0.15) is 0 Å². The van der Waals surface area contributed by atoms with Crippen LogP contribution in [0.15, 0.2) is 36.4 Å². The molecule has 0 bridgehead atoms. The lowest BCUT2D eigenvalue weighted by Crippen LogP contribution is -2.32. The first-order valence-corrected chi connectivity index (χ1v) is 8.71. The number of methoxy groups -OCH3 is 2. The SMILES string of the molecule is COc1ccc(OC)c(CN(C(=O)c2ccc([N+](=O)[O-])c(C)c2)C2CC2)c1. The highest BCUT2D eigenvalue weighted by Crippen LogP contribution is 2.33. The smallest absolute Gasteiger partial charge is 0.272 e. The van der Waals surface area contributed by atoms with E-state index in [1.165, 1.54) is 12.1 Å². The number of ether oxygens (including phenoxy) is 2. The largest absolute Gasteiger partial charge is 0.497 e. The zero-order valence-corrected chi connectivity index (χ0v) is 15.6. The molecule has 1 amide bonds. The number of carbonyl (C=O) groups is 1. The molecule has 2 aromatic carbocycles. The molecule has 0 aliphatic heterocycles. The molecule has 0 aromatic heterocycles. The molecule has 3 rings (SSSR count). The van der Waals surface area contributed by atoms with Gasteiger partial charge < -0.3 is 14.4 Å². The number of amides is 1. The van der Waals surface area contributed by atoms with E-state index in [4.69, 9.17) is 9.47 Å². The van der Waals surface area contributed by atoms with Gasteiger partial charge in [0.15, 0.2) is 0 Å². The van der Waals surface area contributed by atoms with Crippen LogP contribution in [0, 0.1) is 17.0 Å². The van der Waals surface area contributed by atoms with Crippen LogP contribution < -0.4 is 9.47 Å². The molecule has 7 heteroatoms. The van der Waals surface area contributed by atoms with Crippen molar-refractivity contribution >= 4 is 11.6 Å². The number of aryl methyl sites for hydroxylation is 1. The highest BCUT2D eigenvalue weighted by molar-refractivity contribution is 5.95. The number of carbonyl (C=O) groups excluding carboxylic acids is 1. The molecule has 1 fully saturated rings. The normalized spacial score (nSPS) is 13.1. The van der Waals surface area contributed by atoms with E-state index in [-0.39, 0.29) is 17.6 Å². The van der Waals surface area contributed by atoms with Crippen molar-refractivity contribution in [3.05, 3.63) is 63.2 Å². The predicted molar refractivity (Wildman–Crippen MR) is 100 cm³/mol. The Bertz CT molecular complexity index is 877. The average molecular weight is 370 g/mol. The van der Waals surface area contributed by atoms with Gasteiger partial charge in [0.05, 0.1) is 25.7 Å². The van der Waals surface area contributed by atoms with E-state index < -0.39 is 4.92 Å². The van der Waals surface area contributed by atoms with E-state index in [0.29, 0.717) is 29.2 Å². The lowest BCUT2D eigenvalue weighted by Gasteiger charge is -2.24. The fraction of sp³-hybridized carbons (Fsp3) is 0.350. The number of hydrogen-bond donors (Lipinski definition) is 0. The molecule has 0 heterocycles. The Hall–Kier alpha value is -3.09. The zero-order valence-electron chi connectivity index (χ0n) is 15.6. The van der Waals surface area contributed by atoms with Gasteiger partial charge in [-0.05, 0) is 50.1 Å². The van der Waals surface area contributed by atoms with E-state index in [2.05, 4.69) is 0 Å². The number of hydrogen-bond acceptors (Lipinski definition) is 5. The monoisotopic (exact) mass is 370 g/mol. The molecule has 0 saturated heterocycles. The van der Waals surface area contributed by atoms with Gasteiger partial charge in [-0.3, -0.25) is 14.9 Å². The third-order valence-electron chi connectivity index (χ3n) is 4.72. The first kappa shape index (κ1) is 18.7. The molecule has 142 valence electrons. The fourth-order valence-electron chi connectivity index (χ4n) is 3.10. The summed E-state index contributed by atoms with van der Waals surface area (Å²) in [6.07, 6.45) is 1.90. The summed E-state index contributed by atoms with van der Waals surface area (Å²) < 4.78 is 10.7. The van der Waals surface area contributed by atoms with Gasteiger partial charge in [-0.25, -0.2) is 0 Å². The molecule has 27 heavy (non-hydrogen) atoms. The number of benzene rings is 2. The lowest BCUT2D eigenvalue weighted by molar-refractivity contribution is -0.385. The second-order valence-electron chi connectivity index (χ2n) is 6.60. The van der Waals surface area contributed by atoms with E-state index in [1.54, 1.807) is 32.1 Å². The van der Waals surface area contributed by atoms with Crippen LogP contribution in [-0.4, -0.2) is 36.0 Å². The summed E-state index contributed by atoms with van der Waals surface area (Å²) >= 11 is 0. The Morgan fingerprint density at radius 1 is 1.19 bits per heavy atom. The van der Waals surface area contributed by atoms with Crippen molar-refractivity contribution < 1.29 is 19.2 Å². The van der Waals surface area contributed by atoms with Gasteiger partial charge in [-0.1, -0.05) is 0 Å². The van der Waals surface area contributed by atoms with Crippen LogP contribution >= 0.6 is 0 Å². The molecule has 1 aliphatic rings. The van der Waals surface area contributed by atoms with Gasteiger partial charge in [0.25, 0.3) is 11.6 Å². The van der Waals surface area contributed by atoms with Crippen LogP contribution in [0.4, 0.5) is 5.69 Å². The number of nitro benzene ring substituents is 1. The Morgan fingerprint density at radius 3 is 2.48 bits per heavy atom. The summed E-state index contributed by atoms with van der Waals surface area (Å²) in [5, 5.41) is 11.0. The highest BCUT2D eigenvalue weighted by atomic mass is 16.6. The Labute approximate surface area is 157 Å². The summed E-state index contributed by atoms with van der Waals surface area (Å²) in [6, 6.07) is 10.2. The van der Waals surface area contributed by atoms with Crippen molar-refractivity contribution in [1.29, 1.82) is 0 Å². The highest BCUT2D eigenvalue weighted by Gasteiger charge is 2.34. The third kappa shape index (κ3) is 4.02. The maximum absolute atomic E-state index is 13.1. The van der Waals surface area contributed by atoms with Crippen molar-refractivity contribution in [3.63, 3.8) is 0 Å². The second kappa shape index (κ2) is 7.65. The van der Waals surface area contributed by atoms with Crippen LogP contribution in [0.2, 0.25) is 0 Å². The van der Waals surface area contributed by atoms with Crippen molar-refractivity contribution in [2.75, 3.05) is 14.2 Å². The number of rotatable bonds is 7. The first-order valence-electron chi connectivity index (χ1n) is 8.71. The maximum Gasteiger partial charge on any atom is 0.272 e. The molecule has 0 atom stereocenters. The van der Waals surface area contributed by atoms with Gasteiger partial charge in [0.1, 0.15) is 11.5 Å². The van der Waals surface area contributed by atoms with Crippen LogP contribution in [0.3, 0.4) is 0 Å². The van der Waals surface area contributed by atoms with Crippen molar-refractivity contribution in [3.8, 4) is 11.5 Å². The molecule has 0 unspecified atom stereocenters. The fourth-order valence-corrected chi connectivity index (χ4v) is 3.10. The van der Waals surface area contributed by atoms with Crippen molar-refractivity contribution in [1.82, 2.24) is 4.90 Å². The van der Waals surface area contributed by atoms with Gasteiger partial charge in [0.2, 0.25) is 0 Å². The van der Waals surface area contributed by atoms with E-state index in [0.717, 1.165) is 18.4 Å². The Morgan fingerprint density at radius 2 is 1.93 bits per heavy atom. The predicted octanol–water partition coefficient (Wildman–Crippen LogP) is 3.73. The molecule has 0 radical (unpaired) electrons.